The molecule has 28 heavy (non-hydrogen) atoms. The summed E-state index contributed by atoms with van der Waals surface area (Å²) in [6, 6.07) is 13.0. The molecule has 4 rings (SSSR count). The summed E-state index contributed by atoms with van der Waals surface area (Å²) >= 11 is 7.31. The molecule has 0 fully saturated rings. The van der Waals surface area contributed by atoms with Gasteiger partial charge in [-0.3, -0.25) is 10.1 Å². The van der Waals surface area contributed by atoms with E-state index >= 15 is 0 Å². The highest BCUT2D eigenvalue weighted by Gasteiger charge is 2.13. The van der Waals surface area contributed by atoms with E-state index in [4.69, 9.17) is 21.1 Å². The van der Waals surface area contributed by atoms with Crippen LogP contribution in [0.2, 0.25) is 5.02 Å². The van der Waals surface area contributed by atoms with E-state index in [1.165, 1.54) is 17.4 Å². The highest BCUT2D eigenvalue weighted by atomic mass is 35.5. The third-order valence-corrected chi connectivity index (χ3v) is 5.00. The molecule has 2 aromatic carbocycles. The van der Waals surface area contributed by atoms with Gasteiger partial charge in [0.2, 0.25) is 23.0 Å². The van der Waals surface area contributed by atoms with Crippen LogP contribution < -0.4 is 20.1 Å². The van der Waals surface area contributed by atoms with Crippen LogP contribution in [0.1, 0.15) is 11.1 Å². The van der Waals surface area contributed by atoms with Gasteiger partial charge in [0.1, 0.15) is 0 Å². The fourth-order valence-corrected chi connectivity index (χ4v) is 3.34. The van der Waals surface area contributed by atoms with Crippen molar-refractivity contribution in [3.8, 4) is 11.5 Å². The highest BCUT2D eigenvalue weighted by molar-refractivity contribution is 7.19. The van der Waals surface area contributed by atoms with Crippen LogP contribution in [0.15, 0.2) is 48.5 Å². The first-order valence-electron chi connectivity index (χ1n) is 8.37. The molecule has 0 aliphatic carbocycles. The number of benzene rings is 2. The number of fused-ring (bicyclic) bond motifs is 1. The second kappa shape index (κ2) is 8.28. The number of hydrogen-bond donors (Lipinski definition) is 2. The summed E-state index contributed by atoms with van der Waals surface area (Å²) in [6.07, 6.45) is 3.06. The van der Waals surface area contributed by atoms with Crippen molar-refractivity contribution in [3.05, 3.63) is 64.7 Å². The standard InChI is InChI=1S/C19H15ClN4O3S/c20-14-4-2-1-3-13(14)6-8-17(25)22-19-24-23-18(28-19)21-10-12-5-7-15-16(9-12)27-11-26-15/h1-9H,10-11H2,(H,21,23)(H,22,24,25). The molecule has 0 saturated heterocycles. The first-order chi connectivity index (χ1) is 13.7. The molecule has 0 radical (unpaired) electrons. The highest BCUT2D eigenvalue weighted by Crippen LogP contribution is 2.32. The van der Waals surface area contributed by atoms with Crippen LogP contribution in [0.25, 0.3) is 6.08 Å². The zero-order valence-corrected chi connectivity index (χ0v) is 16.1. The second-order valence-corrected chi connectivity index (χ2v) is 7.18. The number of hydrogen-bond acceptors (Lipinski definition) is 7. The number of carbonyl (C=O) groups is 1. The van der Waals surface area contributed by atoms with Crippen LogP contribution in [-0.2, 0) is 11.3 Å². The van der Waals surface area contributed by atoms with Crippen molar-refractivity contribution in [2.24, 2.45) is 0 Å². The SMILES string of the molecule is O=C(C=Cc1ccccc1Cl)Nc1nnc(NCc2ccc3c(c2)OCO3)s1. The van der Waals surface area contributed by atoms with Gasteiger partial charge >= 0.3 is 0 Å². The Bertz CT molecular complexity index is 1040. The summed E-state index contributed by atoms with van der Waals surface area (Å²) in [5.74, 6) is 1.17. The largest absolute Gasteiger partial charge is 0.454 e. The maximum Gasteiger partial charge on any atom is 0.250 e. The molecule has 0 unspecified atom stereocenters. The van der Waals surface area contributed by atoms with Gasteiger partial charge in [0.05, 0.1) is 0 Å². The molecule has 2 N–H and O–H groups in total. The van der Waals surface area contributed by atoms with E-state index in [0.29, 0.717) is 21.8 Å². The average molecular weight is 415 g/mol. The quantitative estimate of drug-likeness (QED) is 0.588. The lowest BCUT2D eigenvalue weighted by atomic mass is 10.2. The Labute approximate surface area is 170 Å². The van der Waals surface area contributed by atoms with Crippen molar-refractivity contribution >= 4 is 45.2 Å². The third-order valence-electron chi connectivity index (χ3n) is 3.86. The first kappa shape index (κ1) is 18.3. The number of anilines is 2. The van der Waals surface area contributed by atoms with E-state index in [1.54, 1.807) is 12.1 Å². The van der Waals surface area contributed by atoms with E-state index in [-0.39, 0.29) is 12.7 Å². The molecule has 0 bridgehead atoms. The van der Waals surface area contributed by atoms with E-state index in [9.17, 15) is 4.79 Å². The summed E-state index contributed by atoms with van der Waals surface area (Å²) in [7, 11) is 0. The van der Waals surface area contributed by atoms with Gasteiger partial charge in [0, 0.05) is 17.6 Å². The van der Waals surface area contributed by atoms with Gasteiger partial charge in [0.15, 0.2) is 11.5 Å². The molecular formula is C19H15ClN4O3S. The maximum atomic E-state index is 12.0. The van der Waals surface area contributed by atoms with Gasteiger partial charge in [-0.25, -0.2) is 0 Å². The minimum absolute atomic E-state index is 0.247. The molecule has 1 aliphatic heterocycles. The van der Waals surface area contributed by atoms with Crippen molar-refractivity contribution in [2.45, 2.75) is 6.54 Å². The molecule has 0 spiro atoms. The van der Waals surface area contributed by atoms with Crippen LogP contribution in [-0.4, -0.2) is 22.9 Å². The van der Waals surface area contributed by atoms with Gasteiger partial charge in [-0.2, -0.15) is 0 Å². The Morgan fingerprint density at radius 2 is 1.96 bits per heavy atom. The van der Waals surface area contributed by atoms with Crippen LogP contribution >= 0.6 is 22.9 Å². The summed E-state index contributed by atoms with van der Waals surface area (Å²) in [5, 5.41) is 15.4. The number of nitrogens with zero attached hydrogens (tertiary/aromatic N) is 2. The molecule has 1 aromatic heterocycles. The molecule has 3 aromatic rings. The Kier molecular flexibility index (Phi) is 5.41. The van der Waals surface area contributed by atoms with Crippen molar-refractivity contribution in [3.63, 3.8) is 0 Å². The maximum absolute atomic E-state index is 12.0. The van der Waals surface area contributed by atoms with Crippen LogP contribution in [0.3, 0.4) is 0 Å². The number of nitrogens with one attached hydrogen (secondary N) is 2. The van der Waals surface area contributed by atoms with Gasteiger partial charge in [-0.1, -0.05) is 47.2 Å². The van der Waals surface area contributed by atoms with Crippen molar-refractivity contribution in [1.29, 1.82) is 0 Å². The molecule has 1 amide bonds. The summed E-state index contributed by atoms with van der Waals surface area (Å²) < 4.78 is 10.7. The van der Waals surface area contributed by atoms with E-state index in [2.05, 4.69) is 20.8 Å². The zero-order valence-electron chi connectivity index (χ0n) is 14.5. The monoisotopic (exact) mass is 414 g/mol. The second-order valence-electron chi connectivity index (χ2n) is 5.80. The van der Waals surface area contributed by atoms with E-state index in [1.807, 2.05) is 36.4 Å². The van der Waals surface area contributed by atoms with E-state index < -0.39 is 0 Å². The van der Waals surface area contributed by atoms with Gasteiger partial charge in [0.25, 0.3) is 0 Å². The minimum atomic E-state index is -0.307. The lowest BCUT2D eigenvalue weighted by molar-refractivity contribution is -0.111. The lowest BCUT2D eigenvalue weighted by Gasteiger charge is -2.03. The fourth-order valence-electron chi connectivity index (χ4n) is 2.50. The van der Waals surface area contributed by atoms with Gasteiger partial charge < -0.3 is 14.8 Å². The van der Waals surface area contributed by atoms with Crippen molar-refractivity contribution < 1.29 is 14.3 Å². The number of aromatic nitrogens is 2. The summed E-state index contributed by atoms with van der Waals surface area (Å²) in [4.78, 5) is 12.0. The molecule has 0 saturated carbocycles. The summed E-state index contributed by atoms with van der Waals surface area (Å²) in [6.45, 7) is 0.794. The number of ether oxygens (including phenoxy) is 2. The topological polar surface area (TPSA) is 85.4 Å². The molecule has 142 valence electrons. The molecule has 0 atom stereocenters. The predicted octanol–water partition coefficient (Wildman–Crippen LogP) is 4.18. The molecule has 2 heterocycles. The number of amides is 1. The number of halogens is 1. The van der Waals surface area contributed by atoms with Crippen molar-refractivity contribution in [2.75, 3.05) is 17.4 Å². The van der Waals surface area contributed by atoms with Crippen LogP contribution in [0, 0.1) is 0 Å². The average Bonchev–Trinajstić information content (AvgIpc) is 3.34. The lowest BCUT2D eigenvalue weighted by Crippen LogP contribution is -2.07. The fraction of sp³-hybridized carbons (Fsp3) is 0.105. The zero-order chi connectivity index (χ0) is 19.3. The van der Waals surface area contributed by atoms with Gasteiger partial charge in [-0.05, 0) is 35.4 Å². The molecule has 9 heteroatoms. The van der Waals surface area contributed by atoms with Crippen LogP contribution in [0.5, 0.6) is 11.5 Å². The summed E-state index contributed by atoms with van der Waals surface area (Å²) in [5.41, 5.74) is 1.79. The Morgan fingerprint density at radius 3 is 2.86 bits per heavy atom. The van der Waals surface area contributed by atoms with Crippen molar-refractivity contribution in [1.82, 2.24) is 10.2 Å². The molecular weight excluding hydrogens is 400 g/mol. The van der Waals surface area contributed by atoms with E-state index in [0.717, 1.165) is 22.6 Å². The predicted molar refractivity (Wildman–Crippen MR) is 109 cm³/mol. The third kappa shape index (κ3) is 4.41. The molecule has 7 nitrogen and oxygen atoms in total. The number of rotatable bonds is 6. The Balaban J connectivity index is 1.31. The first-order valence-corrected chi connectivity index (χ1v) is 9.56. The van der Waals surface area contributed by atoms with Crippen LogP contribution in [0.4, 0.5) is 10.3 Å². The molecule has 1 aliphatic rings. The van der Waals surface area contributed by atoms with Gasteiger partial charge in [-0.15, -0.1) is 10.2 Å². The Morgan fingerprint density at radius 1 is 1.14 bits per heavy atom. The smallest absolute Gasteiger partial charge is 0.250 e. The Hall–Kier alpha value is -3.10. The normalized spacial score (nSPS) is 12.3. The number of carbonyl (C=O) groups excluding carboxylic acids is 1. The minimum Gasteiger partial charge on any atom is -0.454 e.